The Hall–Kier alpha value is -0.714. The van der Waals surface area contributed by atoms with Gasteiger partial charge in [-0.2, -0.15) is 0 Å². The lowest BCUT2D eigenvalue weighted by molar-refractivity contribution is -0.138. The summed E-state index contributed by atoms with van der Waals surface area (Å²) in [6, 6.07) is 10.4. The highest BCUT2D eigenvalue weighted by Gasteiger charge is 2.05. The largest absolute Gasteiger partial charge is 0.505 e. The lowest BCUT2D eigenvalue weighted by Gasteiger charge is -2.01. The molecule has 0 radical (unpaired) electrons. The van der Waals surface area contributed by atoms with Crippen LogP contribution in [0.1, 0.15) is 26.3 Å². The quantitative estimate of drug-likeness (QED) is 0.528. The average molecular weight is 294 g/mol. The highest BCUT2D eigenvalue weighted by Crippen LogP contribution is 1.98. The summed E-state index contributed by atoms with van der Waals surface area (Å²) in [5.74, 6) is -0.428. The van der Waals surface area contributed by atoms with Crippen LogP contribution >= 0.6 is 9.07 Å². The molecule has 0 spiro atoms. The van der Waals surface area contributed by atoms with Crippen LogP contribution in [0.2, 0.25) is 0 Å². The maximum atomic E-state index is 10.8. The van der Waals surface area contributed by atoms with Gasteiger partial charge in [0.15, 0.2) is 0 Å². The van der Waals surface area contributed by atoms with E-state index in [0.29, 0.717) is 6.61 Å². The molecular weight excluding hydrogens is 274 g/mol. The van der Waals surface area contributed by atoms with E-state index in [1.807, 2.05) is 6.07 Å². The Morgan fingerprint density at radius 2 is 1.89 bits per heavy atom. The third kappa shape index (κ3) is 8.91. The highest BCUT2D eigenvalue weighted by molar-refractivity contribution is 6.93. The van der Waals surface area contributed by atoms with Gasteiger partial charge in [0.1, 0.15) is 5.70 Å². The molecule has 1 aromatic carbocycles. The summed E-state index contributed by atoms with van der Waals surface area (Å²) in [7, 11) is 5.67. The normalized spacial score (nSPS) is 8.63. The zero-order valence-corrected chi connectivity index (χ0v) is 14.0. The Morgan fingerprint density at radius 1 is 1.32 bits per heavy atom. The molecule has 0 unspecified atom stereocenters. The first-order chi connectivity index (χ1) is 9.02. The number of carbonyl (C=O) groups is 1. The molecule has 0 bridgehead atoms. The van der Waals surface area contributed by atoms with Gasteiger partial charge in [0.25, 0.3) is 0 Å². The summed E-state index contributed by atoms with van der Waals surface area (Å²) in [5, 5.41) is 0. The van der Waals surface area contributed by atoms with Crippen LogP contribution in [-0.2, 0) is 14.1 Å². The van der Waals surface area contributed by atoms with Gasteiger partial charge in [-0.05, 0) is 26.3 Å². The number of hydrogen-bond donors (Lipinski definition) is 1. The number of hydrogen-bond acceptors (Lipinski definition) is 3. The highest BCUT2D eigenvalue weighted by atomic mass is 35.5. The Kier molecular flexibility index (Phi) is 10.7. The molecule has 102 valence electrons. The molecular formula is C14H20ClMgNO2. The van der Waals surface area contributed by atoms with E-state index in [0.717, 1.165) is 10.1 Å². The number of nitrogens with two attached hydrogens (primary N) is 1. The van der Waals surface area contributed by atoms with Crippen LogP contribution in [0.3, 0.4) is 0 Å². The minimum Gasteiger partial charge on any atom is -0.461 e. The Balaban J connectivity index is 0.000000342. The topological polar surface area (TPSA) is 52.3 Å². The SMILES string of the molecule is CCOC(=O)C(N)=C(C)C.[Cl][Mg][CH2]c1ccccc1. The average Bonchev–Trinajstić information content (AvgIpc) is 2.40. The molecule has 0 heterocycles. The molecule has 0 aromatic heterocycles. The van der Waals surface area contributed by atoms with Crippen LogP contribution in [0.4, 0.5) is 0 Å². The molecule has 2 N–H and O–H groups in total. The van der Waals surface area contributed by atoms with E-state index in [4.69, 9.17) is 14.8 Å². The number of ether oxygens (including phenoxy) is 1. The third-order valence-electron chi connectivity index (χ3n) is 2.26. The molecule has 0 saturated carbocycles. The van der Waals surface area contributed by atoms with Crippen molar-refractivity contribution in [2.75, 3.05) is 6.61 Å². The predicted molar refractivity (Wildman–Crippen MR) is 80.9 cm³/mol. The van der Waals surface area contributed by atoms with Gasteiger partial charge in [0.2, 0.25) is 0 Å². The zero-order chi connectivity index (χ0) is 14.7. The molecule has 0 fully saturated rings. The van der Waals surface area contributed by atoms with Gasteiger partial charge in [-0.25, -0.2) is 4.79 Å². The maximum Gasteiger partial charge on any atom is 0.505 e. The minimum absolute atomic E-state index is 0.210. The van der Waals surface area contributed by atoms with E-state index in [1.165, 1.54) is 5.56 Å². The molecule has 0 amide bonds. The summed E-state index contributed by atoms with van der Waals surface area (Å²) >= 11 is -0.312. The van der Waals surface area contributed by atoms with Crippen molar-refractivity contribution in [3.63, 3.8) is 0 Å². The smallest absolute Gasteiger partial charge is 0.461 e. The lowest BCUT2D eigenvalue weighted by Crippen LogP contribution is -2.15. The second-order valence-electron chi connectivity index (χ2n) is 4.06. The van der Waals surface area contributed by atoms with Gasteiger partial charge in [-0.3, -0.25) is 0 Å². The Bertz CT molecular complexity index is 403. The monoisotopic (exact) mass is 293 g/mol. The molecule has 5 heteroatoms. The number of allylic oxidation sites excluding steroid dienone is 1. The fraction of sp³-hybridized carbons (Fsp3) is 0.357. The van der Waals surface area contributed by atoms with Crippen LogP contribution in [0.5, 0.6) is 0 Å². The minimum atomic E-state index is -0.428. The summed E-state index contributed by atoms with van der Waals surface area (Å²) in [6.45, 7) is 5.65. The van der Waals surface area contributed by atoms with Crippen LogP contribution < -0.4 is 5.73 Å². The van der Waals surface area contributed by atoms with Gasteiger partial charge < -0.3 is 19.5 Å². The number of halogens is 1. The van der Waals surface area contributed by atoms with Crippen molar-refractivity contribution in [3.05, 3.63) is 47.2 Å². The fourth-order valence-corrected chi connectivity index (χ4v) is 2.37. The van der Waals surface area contributed by atoms with Crippen molar-refractivity contribution in [1.82, 2.24) is 0 Å². The molecule has 0 saturated heterocycles. The van der Waals surface area contributed by atoms with E-state index < -0.39 is 5.97 Å². The summed E-state index contributed by atoms with van der Waals surface area (Å²) in [5.41, 5.74) is 7.73. The van der Waals surface area contributed by atoms with Crippen molar-refractivity contribution < 1.29 is 9.53 Å². The molecule has 0 aliphatic heterocycles. The Labute approximate surface area is 128 Å². The van der Waals surface area contributed by atoms with Crippen LogP contribution in [0, 0.1) is 0 Å². The second kappa shape index (κ2) is 11.1. The van der Waals surface area contributed by atoms with E-state index in [-0.39, 0.29) is 25.0 Å². The van der Waals surface area contributed by atoms with Gasteiger partial charge in [0, 0.05) is 0 Å². The van der Waals surface area contributed by atoms with Gasteiger partial charge >= 0.3 is 25.2 Å². The fourth-order valence-electron chi connectivity index (χ4n) is 1.17. The van der Waals surface area contributed by atoms with E-state index in [1.54, 1.807) is 20.8 Å². The zero-order valence-electron chi connectivity index (χ0n) is 11.8. The van der Waals surface area contributed by atoms with Gasteiger partial charge in [-0.1, -0.05) is 40.4 Å². The summed E-state index contributed by atoms with van der Waals surface area (Å²) < 4.78 is 5.76. The summed E-state index contributed by atoms with van der Waals surface area (Å²) in [4.78, 5) is 10.8. The lowest BCUT2D eigenvalue weighted by atomic mass is 10.2. The number of rotatable bonds is 4. The molecule has 3 nitrogen and oxygen atoms in total. The molecule has 0 atom stereocenters. The first-order valence-corrected chi connectivity index (χ1v) is 9.36. The molecule has 1 aromatic rings. The molecule has 19 heavy (non-hydrogen) atoms. The molecule has 1 rings (SSSR count). The van der Waals surface area contributed by atoms with Crippen LogP contribution in [0.15, 0.2) is 41.6 Å². The van der Waals surface area contributed by atoms with E-state index in [2.05, 4.69) is 29.0 Å². The second-order valence-corrected chi connectivity index (χ2v) is 6.07. The molecule has 0 aliphatic rings. The van der Waals surface area contributed by atoms with Gasteiger partial charge in [-0.15, -0.1) is 0 Å². The first-order valence-electron chi connectivity index (χ1n) is 6.22. The Morgan fingerprint density at radius 3 is 2.32 bits per heavy atom. The number of esters is 1. The van der Waals surface area contributed by atoms with Crippen molar-refractivity contribution in [2.24, 2.45) is 5.73 Å². The van der Waals surface area contributed by atoms with Gasteiger partial charge in [0.05, 0.1) is 6.61 Å². The first kappa shape index (κ1) is 18.3. The van der Waals surface area contributed by atoms with Crippen LogP contribution in [0.25, 0.3) is 0 Å². The maximum absolute atomic E-state index is 10.8. The predicted octanol–water partition coefficient (Wildman–Crippen LogP) is 2.85. The van der Waals surface area contributed by atoms with Crippen molar-refractivity contribution in [2.45, 2.75) is 25.3 Å². The van der Waals surface area contributed by atoms with E-state index in [9.17, 15) is 4.79 Å². The standard InChI is InChI=1S/C7H13NO2.C7H7.ClH.Mg/c1-4-10-7(9)6(8)5(2)3;1-7-5-3-2-4-6-7;;/h4,8H2,1-3H3;2-6H,1H2;1H;/q;;;+1/p-1. The number of benzene rings is 1. The third-order valence-corrected chi connectivity index (χ3v) is 3.59. The van der Waals surface area contributed by atoms with Crippen molar-refractivity contribution in [3.8, 4) is 0 Å². The van der Waals surface area contributed by atoms with Crippen LogP contribution in [-0.4, -0.2) is 31.8 Å². The number of carbonyl (C=O) groups excluding carboxylic acids is 1. The van der Waals surface area contributed by atoms with Crippen molar-refractivity contribution >= 4 is 34.3 Å². The van der Waals surface area contributed by atoms with Crippen molar-refractivity contribution in [1.29, 1.82) is 0 Å². The molecule has 0 aliphatic carbocycles. The van der Waals surface area contributed by atoms with E-state index >= 15 is 0 Å². The summed E-state index contributed by atoms with van der Waals surface area (Å²) in [6.07, 6.45) is 0.